The van der Waals surface area contributed by atoms with Crippen LogP contribution in [0.2, 0.25) is 0 Å². The van der Waals surface area contributed by atoms with Gasteiger partial charge in [0, 0.05) is 11.3 Å². The van der Waals surface area contributed by atoms with Crippen LogP contribution in [0.5, 0.6) is 0 Å². The first-order valence-electron chi connectivity index (χ1n) is 8.87. The Bertz CT molecular complexity index is 863. The minimum Gasteiger partial charge on any atom is -0.443 e. The fraction of sp³-hybridized carbons (Fsp3) is 0.300. The summed E-state index contributed by atoms with van der Waals surface area (Å²) in [4.78, 5) is 21.0. The van der Waals surface area contributed by atoms with Crippen LogP contribution in [0.15, 0.2) is 52.5 Å². The highest BCUT2D eigenvalue weighted by Gasteiger charge is 2.22. The molecule has 1 N–H and O–H groups in total. The van der Waals surface area contributed by atoms with E-state index in [1.54, 1.807) is 24.5 Å². The zero-order chi connectivity index (χ0) is 17.9. The van der Waals surface area contributed by atoms with Gasteiger partial charge in [0.2, 0.25) is 5.89 Å². The molecule has 1 fully saturated rings. The molecule has 0 bridgehead atoms. The summed E-state index contributed by atoms with van der Waals surface area (Å²) >= 11 is 1.65. The van der Waals surface area contributed by atoms with Crippen LogP contribution in [-0.2, 0) is 6.54 Å². The van der Waals surface area contributed by atoms with Gasteiger partial charge >= 0.3 is 0 Å². The molecule has 134 valence electrons. The Morgan fingerprint density at radius 3 is 2.65 bits per heavy atom. The average molecular weight is 368 g/mol. The van der Waals surface area contributed by atoms with Gasteiger partial charge < -0.3 is 14.2 Å². The summed E-state index contributed by atoms with van der Waals surface area (Å²) in [6.07, 6.45) is 1.79. The summed E-state index contributed by atoms with van der Waals surface area (Å²) in [5.74, 6) is 0.832. The molecule has 5 nitrogen and oxygen atoms in total. The Kier molecular flexibility index (Phi) is 4.86. The number of hydrogen-bond acceptors (Lipinski definition) is 5. The number of Topliss-reactive ketones (excluding diaryl/α,β-unsaturated/α-hetero) is 1. The molecule has 3 aromatic rings. The van der Waals surface area contributed by atoms with Crippen molar-refractivity contribution in [3.63, 3.8) is 0 Å². The molecule has 0 atom stereocenters. The van der Waals surface area contributed by atoms with E-state index < -0.39 is 0 Å². The lowest BCUT2D eigenvalue weighted by Crippen LogP contribution is -3.13. The summed E-state index contributed by atoms with van der Waals surface area (Å²) in [5.41, 5.74) is 2.98. The maximum absolute atomic E-state index is 11.4. The third-order valence-corrected chi connectivity index (χ3v) is 5.68. The Morgan fingerprint density at radius 2 is 2.00 bits per heavy atom. The zero-order valence-corrected chi connectivity index (χ0v) is 15.6. The van der Waals surface area contributed by atoms with Crippen LogP contribution in [0.4, 0.5) is 5.69 Å². The van der Waals surface area contributed by atoms with Gasteiger partial charge in [-0.3, -0.25) is 4.79 Å². The summed E-state index contributed by atoms with van der Waals surface area (Å²) in [7, 11) is 0. The number of carbonyl (C=O) groups excluding carboxylic acids is 1. The van der Waals surface area contributed by atoms with Crippen molar-refractivity contribution in [1.29, 1.82) is 0 Å². The van der Waals surface area contributed by atoms with Crippen molar-refractivity contribution in [3.05, 3.63) is 59.3 Å². The minimum absolute atomic E-state index is 0.111. The third-order valence-electron chi connectivity index (χ3n) is 4.82. The van der Waals surface area contributed by atoms with Crippen LogP contribution >= 0.6 is 11.3 Å². The van der Waals surface area contributed by atoms with Gasteiger partial charge in [-0.2, -0.15) is 0 Å². The molecule has 4 rings (SSSR count). The highest BCUT2D eigenvalue weighted by atomic mass is 32.1. The molecule has 1 aromatic carbocycles. The number of hydrogen-bond donors (Lipinski definition) is 1. The normalized spacial score (nSPS) is 15.3. The van der Waals surface area contributed by atoms with Crippen molar-refractivity contribution < 1.29 is 14.1 Å². The Morgan fingerprint density at radius 1 is 1.23 bits per heavy atom. The van der Waals surface area contributed by atoms with E-state index in [-0.39, 0.29) is 5.78 Å². The summed E-state index contributed by atoms with van der Waals surface area (Å²) in [5, 5.41) is 2.03. The number of benzene rings is 1. The van der Waals surface area contributed by atoms with Gasteiger partial charge in [-0.15, -0.1) is 11.3 Å². The van der Waals surface area contributed by atoms with Gasteiger partial charge in [0.25, 0.3) is 0 Å². The van der Waals surface area contributed by atoms with Crippen molar-refractivity contribution in [2.24, 2.45) is 0 Å². The van der Waals surface area contributed by atoms with Crippen LogP contribution in [0, 0.1) is 0 Å². The molecule has 1 aliphatic rings. The second-order valence-corrected chi connectivity index (χ2v) is 7.59. The molecule has 0 unspecified atom stereocenters. The first kappa shape index (κ1) is 17.0. The largest absolute Gasteiger partial charge is 0.443 e. The molecule has 6 heteroatoms. The molecule has 0 saturated carbocycles. The number of nitrogens with one attached hydrogen (secondary N) is 1. The fourth-order valence-corrected chi connectivity index (χ4v) is 3.98. The van der Waals surface area contributed by atoms with Crippen molar-refractivity contribution in [1.82, 2.24) is 4.98 Å². The fourth-order valence-electron chi connectivity index (χ4n) is 3.32. The molecule has 0 spiro atoms. The predicted octanol–water partition coefficient (Wildman–Crippen LogP) is 2.51. The van der Waals surface area contributed by atoms with Gasteiger partial charge in [0.05, 0.1) is 31.1 Å². The van der Waals surface area contributed by atoms with Crippen molar-refractivity contribution in [3.8, 4) is 10.8 Å². The number of ketones is 1. The standard InChI is InChI=1S/C20H21N3O2S/c1-15(24)16-4-6-18(7-5-16)23-10-8-22(9-11-23)13-17-14-25-20(21-17)19-3-2-12-26-19/h2-7,12,14H,8-11,13H2,1H3/p+1. The lowest BCUT2D eigenvalue weighted by Gasteiger charge is -2.33. The van der Waals surface area contributed by atoms with Crippen molar-refractivity contribution in [2.45, 2.75) is 13.5 Å². The van der Waals surface area contributed by atoms with Gasteiger partial charge in [0.1, 0.15) is 18.5 Å². The molecular formula is C20H22N3O2S+. The first-order chi connectivity index (χ1) is 12.7. The molecule has 2 aromatic heterocycles. The second-order valence-electron chi connectivity index (χ2n) is 6.64. The van der Waals surface area contributed by atoms with Crippen LogP contribution in [0.25, 0.3) is 10.8 Å². The highest BCUT2D eigenvalue weighted by molar-refractivity contribution is 7.13. The van der Waals surface area contributed by atoms with E-state index in [2.05, 4.69) is 9.88 Å². The quantitative estimate of drug-likeness (QED) is 0.703. The van der Waals surface area contributed by atoms with Crippen LogP contribution in [0.1, 0.15) is 23.0 Å². The lowest BCUT2D eigenvalue weighted by atomic mass is 10.1. The Labute approximate surface area is 156 Å². The van der Waals surface area contributed by atoms with Gasteiger partial charge in [0.15, 0.2) is 5.78 Å². The second kappa shape index (κ2) is 7.43. The molecule has 0 aliphatic carbocycles. The minimum atomic E-state index is 0.111. The van der Waals surface area contributed by atoms with E-state index in [1.165, 1.54) is 10.6 Å². The molecular weight excluding hydrogens is 346 g/mol. The molecule has 1 saturated heterocycles. The summed E-state index contributed by atoms with van der Waals surface area (Å²) in [6, 6.07) is 12.0. The lowest BCUT2D eigenvalue weighted by molar-refractivity contribution is -0.914. The number of nitrogens with zero attached hydrogens (tertiary/aromatic N) is 2. The maximum Gasteiger partial charge on any atom is 0.236 e. The first-order valence-corrected chi connectivity index (χ1v) is 9.75. The third kappa shape index (κ3) is 3.71. The number of piperazine rings is 1. The van der Waals surface area contributed by atoms with E-state index in [9.17, 15) is 4.79 Å². The van der Waals surface area contributed by atoms with Crippen LogP contribution in [-0.4, -0.2) is 36.9 Å². The average Bonchev–Trinajstić information content (AvgIpc) is 3.34. The van der Waals surface area contributed by atoms with Gasteiger partial charge in [-0.1, -0.05) is 6.07 Å². The van der Waals surface area contributed by atoms with E-state index in [0.29, 0.717) is 0 Å². The smallest absolute Gasteiger partial charge is 0.236 e. The number of rotatable bonds is 5. The number of oxazole rings is 1. The van der Waals surface area contributed by atoms with Crippen molar-refractivity contribution in [2.75, 3.05) is 31.1 Å². The van der Waals surface area contributed by atoms with E-state index in [4.69, 9.17) is 4.42 Å². The van der Waals surface area contributed by atoms with Crippen molar-refractivity contribution >= 4 is 22.8 Å². The van der Waals surface area contributed by atoms with E-state index in [0.717, 1.165) is 54.7 Å². The molecule has 3 heterocycles. The topological polar surface area (TPSA) is 50.8 Å². The number of aromatic nitrogens is 1. The van der Waals surface area contributed by atoms with E-state index in [1.807, 2.05) is 41.8 Å². The number of anilines is 1. The SMILES string of the molecule is CC(=O)c1ccc(N2CC[NH+](Cc3coc(-c4cccs4)n3)CC2)cc1. The number of carbonyl (C=O) groups is 1. The maximum atomic E-state index is 11.4. The van der Waals surface area contributed by atoms with Crippen LogP contribution in [0.3, 0.4) is 0 Å². The highest BCUT2D eigenvalue weighted by Crippen LogP contribution is 2.23. The molecule has 0 radical (unpaired) electrons. The predicted molar refractivity (Wildman–Crippen MR) is 103 cm³/mol. The van der Waals surface area contributed by atoms with Gasteiger partial charge in [-0.05, 0) is 42.6 Å². The molecule has 1 aliphatic heterocycles. The summed E-state index contributed by atoms with van der Waals surface area (Å²) < 4.78 is 5.62. The molecule has 0 amide bonds. The van der Waals surface area contributed by atoms with E-state index >= 15 is 0 Å². The summed E-state index contributed by atoms with van der Waals surface area (Å²) in [6.45, 7) is 6.64. The Hall–Kier alpha value is -2.44. The number of thiophene rings is 1. The van der Waals surface area contributed by atoms with Gasteiger partial charge in [-0.25, -0.2) is 4.98 Å². The zero-order valence-electron chi connectivity index (χ0n) is 14.8. The Balaban J connectivity index is 1.33. The number of quaternary nitrogens is 1. The molecule has 26 heavy (non-hydrogen) atoms. The van der Waals surface area contributed by atoms with Crippen LogP contribution < -0.4 is 9.80 Å². The monoisotopic (exact) mass is 368 g/mol.